The summed E-state index contributed by atoms with van der Waals surface area (Å²) in [7, 11) is 0. The Morgan fingerprint density at radius 3 is 2.61 bits per heavy atom. The Hall–Kier alpha value is -1.47. The summed E-state index contributed by atoms with van der Waals surface area (Å²) in [6.07, 6.45) is 4.05. The van der Waals surface area contributed by atoms with Crippen molar-refractivity contribution in [2.24, 2.45) is 0 Å². The van der Waals surface area contributed by atoms with Gasteiger partial charge in [0, 0.05) is 6.54 Å². The number of nitrogens with one attached hydrogen (secondary N) is 1. The minimum absolute atomic E-state index is 0.0397. The first-order chi connectivity index (χ1) is 10.9. The molecule has 2 heterocycles. The second-order valence-corrected chi connectivity index (χ2v) is 6.44. The molecule has 1 aromatic heterocycles. The van der Waals surface area contributed by atoms with Crippen molar-refractivity contribution in [2.45, 2.75) is 49.7 Å². The van der Waals surface area contributed by atoms with Gasteiger partial charge < -0.3 is 14.8 Å². The molecular weight excluding hydrogens is 306 g/mol. The van der Waals surface area contributed by atoms with Gasteiger partial charge >= 0.3 is 5.92 Å². The molecule has 0 aromatic carbocycles. The van der Waals surface area contributed by atoms with Crippen LogP contribution >= 0.6 is 0 Å². The molecular formula is C16H22F2N2O3. The van der Waals surface area contributed by atoms with E-state index in [-0.39, 0.29) is 25.4 Å². The van der Waals surface area contributed by atoms with Crippen LogP contribution < -0.4 is 5.32 Å². The summed E-state index contributed by atoms with van der Waals surface area (Å²) < 4.78 is 33.6. The van der Waals surface area contributed by atoms with Crippen molar-refractivity contribution in [3.8, 4) is 0 Å². The molecule has 2 N–H and O–H groups in total. The topological polar surface area (TPSA) is 65.7 Å². The summed E-state index contributed by atoms with van der Waals surface area (Å²) in [6, 6.07) is 3.27. The molecule has 1 aliphatic heterocycles. The summed E-state index contributed by atoms with van der Waals surface area (Å²) in [4.78, 5) is 14.0. The van der Waals surface area contributed by atoms with E-state index in [2.05, 4.69) is 10.2 Å². The molecule has 1 saturated heterocycles. The molecule has 1 saturated carbocycles. The van der Waals surface area contributed by atoms with E-state index in [0.29, 0.717) is 12.2 Å². The van der Waals surface area contributed by atoms with Gasteiger partial charge in [0.15, 0.2) is 0 Å². The number of aliphatic hydroxyl groups is 1. The average molecular weight is 328 g/mol. The maximum Gasteiger partial charge on any atom is 0.352 e. The van der Waals surface area contributed by atoms with Crippen molar-refractivity contribution in [1.29, 1.82) is 0 Å². The summed E-state index contributed by atoms with van der Waals surface area (Å²) in [5, 5.41) is 12.1. The van der Waals surface area contributed by atoms with Crippen molar-refractivity contribution in [3.63, 3.8) is 0 Å². The van der Waals surface area contributed by atoms with Crippen molar-refractivity contribution < 1.29 is 23.1 Å². The lowest BCUT2D eigenvalue weighted by molar-refractivity contribution is -0.216. The van der Waals surface area contributed by atoms with Crippen LogP contribution in [0.25, 0.3) is 0 Å². The first-order valence-corrected chi connectivity index (χ1v) is 8.10. The number of rotatable bonds is 6. The van der Waals surface area contributed by atoms with Crippen LogP contribution in [0.4, 0.5) is 8.78 Å². The Morgan fingerprint density at radius 1 is 1.39 bits per heavy atom. The van der Waals surface area contributed by atoms with E-state index in [1.165, 1.54) is 6.26 Å². The zero-order valence-electron chi connectivity index (χ0n) is 12.9. The molecule has 1 aliphatic carbocycles. The molecule has 2 fully saturated rings. The SMILES string of the molecule is O=C(NCC(c1ccco1)N1CCCC1)C(F)(F)C1(O)CCC1. The van der Waals surface area contributed by atoms with Gasteiger partial charge in [0.1, 0.15) is 11.4 Å². The first-order valence-electron chi connectivity index (χ1n) is 8.10. The van der Waals surface area contributed by atoms with Gasteiger partial charge in [-0.1, -0.05) is 0 Å². The van der Waals surface area contributed by atoms with Crippen LogP contribution in [0.15, 0.2) is 22.8 Å². The second-order valence-electron chi connectivity index (χ2n) is 6.44. The summed E-state index contributed by atoms with van der Waals surface area (Å²) in [5.41, 5.74) is -2.19. The van der Waals surface area contributed by atoms with Crippen LogP contribution in [-0.2, 0) is 4.79 Å². The van der Waals surface area contributed by atoms with E-state index in [9.17, 15) is 18.7 Å². The second kappa shape index (κ2) is 6.20. The molecule has 0 radical (unpaired) electrons. The number of hydrogen-bond acceptors (Lipinski definition) is 4. The van der Waals surface area contributed by atoms with Gasteiger partial charge in [0.05, 0.1) is 12.3 Å². The Labute approximate surface area is 133 Å². The first kappa shape index (κ1) is 16.4. The monoisotopic (exact) mass is 328 g/mol. The predicted molar refractivity (Wildman–Crippen MR) is 79.0 cm³/mol. The van der Waals surface area contributed by atoms with Crippen LogP contribution in [0, 0.1) is 0 Å². The molecule has 7 heteroatoms. The fourth-order valence-electron chi connectivity index (χ4n) is 3.28. The van der Waals surface area contributed by atoms with E-state index in [1.807, 2.05) is 0 Å². The number of hydrogen-bond donors (Lipinski definition) is 2. The fraction of sp³-hybridized carbons (Fsp3) is 0.688. The van der Waals surface area contributed by atoms with Crippen molar-refractivity contribution in [2.75, 3.05) is 19.6 Å². The normalized spacial score (nSPS) is 22.6. The largest absolute Gasteiger partial charge is 0.468 e. The minimum atomic E-state index is -3.76. The van der Waals surface area contributed by atoms with Gasteiger partial charge in [-0.3, -0.25) is 9.69 Å². The fourth-order valence-corrected chi connectivity index (χ4v) is 3.28. The maximum atomic E-state index is 14.1. The average Bonchev–Trinajstić information content (AvgIpc) is 3.18. The van der Waals surface area contributed by atoms with Gasteiger partial charge in [-0.05, 0) is 57.3 Å². The molecule has 0 bridgehead atoms. The minimum Gasteiger partial charge on any atom is -0.468 e. The highest BCUT2D eigenvalue weighted by atomic mass is 19.3. The quantitative estimate of drug-likeness (QED) is 0.839. The number of carbonyl (C=O) groups excluding carboxylic acids is 1. The third-order valence-electron chi connectivity index (χ3n) is 4.96. The molecule has 0 spiro atoms. The van der Waals surface area contributed by atoms with E-state index >= 15 is 0 Å². The van der Waals surface area contributed by atoms with Crippen LogP contribution in [0.1, 0.15) is 43.9 Å². The third-order valence-corrected chi connectivity index (χ3v) is 4.96. The molecule has 1 amide bonds. The van der Waals surface area contributed by atoms with Gasteiger partial charge in [-0.25, -0.2) is 0 Å². The standard InChI is InChI=1S/C16H22F2N2O3/c17-16(18,15(22)6-4-7-15)14(21)19-11-12(13-5-3-10-23-13)20-8-1-2-9-20/h3,5,10,12,22H,1-2,4,6-9,11H2,(H,19,21). The number of amides is 1. The number of likely N-dealkylation sites (tertiary alicyclic amines) is 1. The Bertz CT molecular complexity index is 538. The van der Waals surface area contributed by atoms with E-state index in [1.54, 1.807) is 12.1 Å². The van der Waals surface area contributed by atoms with Crippen LogP contribution in [-0.4, -0.2) is 47.1 Å². The zero-order chi connectivity index (χ0) is 16.5. The zero-order valence-corrected chi connectivity index (χ0v) is 12.9. The van der Waals surface area contributed by atoms with E-state index < -0.39 is 17.4 Å². The van der Waals surface area contributed by atoms with Gasteiger partial charge in [0.25, 0.3) is 5.91 Å². The highest BCUT2D eigenvalue weighted by Gasteiger charge is 2.61. The Kier molecular flexibility index (Phi) is 4.42. The Morgan fingerprint density at radius 2 is 2.09 bits per heavy atom. The summed E-state index contributed by atoms with van der Waals surface area (Å²) >= 11 is 0. The molecule has 23 heavy (non-hydrogen) atoms. The number of halogens is 2. The van der Waals surface area contributed by atoms with Gasteiger partial charge in [-0.2, -0.15) is 8.78 Å². The summed E-state index contributed by atoms with van der Waals surface area (Å²) in [5.74, 6) is -4.52. The van der Waals surface area contributed by atoms with Crippen LogP contribution in [0.5, 0.6) is 0 Å². The third kappa shape index (κ3) is 2.99. The van der Waals surface area contributed by atoms with Crippen molar-refractivity contribution in [3.05, 3.63) is 24.2 Å². The number of nitrogens with zero attached hydrogens (tertiary/aromatic N) is 1. The number of carbonyl (C=O) groups is 1. The maximum absolute atomic E-state index is 14.1. The van der Waals surface area contributed by atoms with E-state index in [4.69, 9.17) is 4.42 Å². The Balaban J connectivity index is 1.65. The van der Waals surface area contributed by atoms with E-state index in [0.717, 1.165) is 25.9 Å². The lowest BCUT2D eigenvalue weighted by atomic mass is 9.75. The van der Waals surface area contributed by atoms with Crippen LogP contribution in [0.2, 0.25) is 0 Å². The van der Waals surface area contributed by atoms with Crippen molar-refractivity contribution in [1.82, 2.24) is 10.2 Å². The van der Waals surface area contributed by atoms with Crippen LogP contribution in [0.3, 0.4) is 0 Å². The van der Waals surface area contributed by atoms with Gasteiger partial charge in [0.2, 0.25) is 0 Å². The van der Waals surface area contributed by atoms with Gasteiger partial charge in [-0.15, -0.1) is 0 Å². The predicted octanol–water partition coefficient (Wildman–Crippen LogP) is 2.08. The number of furan rings is 1. The lowest BCUT2D eigenvalue weighted by Gasteiger charge is -2.41. The highest BCUT2D eigenvalue weighted by molar-refractivity contribution is 5.85. The molecule has 3 rings (SSSR count). The van der Waals surface area contributed by atoms with Crippen molar-refractivity contribution >= 4 is 5.91 Å². The molecule has 1 atom stereocenters. The number of alkyl halides is 2. The molecule has 1 unspecified atom stereocenters. The smallest absolute Gasteiger partial charge is 0.352 e. The molecule has 128 valence electrons. The lowest BCUT2D eigenvalue weighted by Crippen LogP contribution is -2.61. The molecule has 5 nitrogen and oxygen atoms in total. The molecule has 2 aliphatic rings. The summed E-state index contributed by atoms with van der Waals surface area (Å²) in [6.45, 7) is 1.74. The highest BCUT2D eigenvalue weighted by Crippen LogP contribution is 2.44. The molecule has 1 aromatic rings.